The van der Waals surface area contributed by atoms with Gasteiger partial charge in [-0.2, -0.15) is 0 Å². The van der Waals surface area contributed by atoms with Gasteiger partial charge in [-0.3, -0.25) is 14.6 Å². The number of hydrogen-bond donors (Lipinski definition) is 4. The molecule has 208 valence electrons. The van der Waals surface area contributed by atoms with Gasteiger partial charge in [-0.1, -0.05) is 42.5 Å². The van der Waals surface area contributed by atoms with Crippen LogP contribution in [0.25, 0.3) is 11.3 Å². The first-order chi connectivity index (χ1) is 19.3. The number of nitrogens with one attached hydrogen (secondary N) is 4. The minimum atomic E-state index is -0.347. The molecule has 3 heterocycles. The zero-order valence-corrected chi connectivity index (χ0v) is 23.8. The van der Waals surface area contributed by atoms with Crippen LogP contribution in [-0.2, 0) is 11.2 Å². The number of amides is 2. The number of nitrogens with zero attached hydrogens (tertiary/aromatic N) is 2. The Balaban J connectivity index is 1.72. The van der Waals surface area contributed by atoms with Crippen LogP contribution in [-0.4, -0.2) is 67.0 Å². The Kier molecular flexibility index (Phi) is 9.48. The molecule has 1 atom stereocenters. The number of halogens is 1. The van der Waals surface area contributed by atoms with Crippen molar-refractivity contribution in [1.82, 2.24) is 25.5 Å². The number of aromatic nitrogens is 2. The van der Waals surface area contributed by atoms with Gasteiger partial charge in [0.1, 0.15) is 0 Å². The summed E-state index contributed by atoms with van der Waals surface area (Å²) in [5, 5.41) is 9.70. The number of aromatic amines is 1. The van der Waals surface area contributed by atoms with E-state index in [0.29, 0.717) is 64.9 Å². The molecule has 0 radical (unpaired) electrons. The van der Waals surface area contributed by atoms with Crippen molar-refractivity contribution in [2.75, 3.05) is 39.6 Å². The van der Waals surface area contributed by atoms with E-state index in [4.69, 9.17) is 16.3 Å². The molecular formula is C30H33ClN6O3. The number of ether oxygens (including phenoxy) is 1. The van der Waals surface area contributed by atoms with Gasteiger partial charge in [-0.15, -0.1) is 0 Å². The second kappa shape index (κ2) is 13.2. The molecule has 0 saturated heterocycles. The molecule has 0 saturated carbocycles. The highest BCUT2D eigenvalue weighted by Gasteiger charge is 2.28. The number of rotatable bonds is 9. The van der Waals surface area contributed by atoms with Crippen LogP contribution in [0, 0.1) is 11.8 Å². The van der Waals surface area contributed by atoms with Gasteiger partial charge in [-0.25, -0.2) is 0 Å². The third kappa shape index (κ3) is 6.65. The number of carbonyl (C=O) groups excluding carboxylic acids is 2. The maximum atomic E-state index is 13.0. The molecule has 1 aromatic carbocycles. The summed E-state index contributed by atoms with van der Waals surface area (Å²) in [6, 6.07) is 6.89. The maximum absolute atomic E-state index is 13.0. The first-order valence-electron chi connectivity index (χ1n) is 13.0. The number of para-hydroxylation sites is 1. The van der Waals surface area contributed by atoms with Crippen LogP contribution in [0.1, 0.15) is 35.0 Å². The van der Waals surface area contributed by atoms with Gasteiger partial charge in [0, 0.05) is 49.2 Å². The summed E-state index contributed by atoms with van der Waals surface area (Å²) in [4.78, 5) is 35.1. The first kappa shape index (κ1) is 28.7. The minimum Gasteiger partial charge on any atom is -0.493 e. The largest absolute Gasteiger partial charge is 0.493 e. The molecule has 9 nitrogen and oxygen atoms in total. The number of hydrogen-bond acceptors (Lipinski definition) is 6. The third-order valence-electron chi connectivity index (χ3n) is 6.33. The van der Waals surface area contributed by atoms with E-state index in [1.165, 1.54) is 6.08 Å². The molecule has 10 heteroatoms. The minimum absolute atomic E-state index is 0.176. The Hall–Kier alpha value is -4.26. The zero-order chi connectivity index (χ0) is 28.6. The molecule has 0 aliphatic carbocycles. The highest BCUT2D eigenvalue weighted by Crippen LogP contribution is 2.41. The van der Waals surface area contributed by atoms with Crippen molar-refractivity contribution in [1.29, 1.82) is 0 Å². The standard InChI is InChI=1S/C30H33ClN6O3/c1-5-20(34-25(38)10-7-17-37(2)3)12-11-19-18-32-15-13-21(19)27-28(26-23(35-27)14-16-33-30(26)39)36-24-9-6-8-22(31)29(24)40-4/h6-10,13,15,18,20,35-36H,5,14,16-17H2,1-4H3,(H,33,39)(H,34,38)/b10-7+/t20-/m0/s1. The molecule has 4 rings (SSSR count). The lowest BCUT2D eigenvalue weighted by atomic mass is 10.0. The molecule has 40 heavy (non-hydrogen) atoms. The van der Waals surface area contributed by atoms with E-state index >= 15 is 0 Å². The summed E-state index contributed by atoms with van der Waals surface area (Å²) in [5.74, 6) is 6.48. The summed E-state index contributed by atoms with van der Waals surface area (Å²) in [7, 11) is 5.42. The number of likely N-dealkylation sites (N-methyl/N-ethyl adjacent to an activating group) is 1. The monoisotopic (exact) mass is 560 g/mol. The van der Waals surface area contributed by atoms with E-state index in [1.54, 1.807) is 31.6 Å². The number of anilines is 2. The van der Waals surface area contributed by atoms with Crippen molar-refractivity contribution >= 4 is 34.8 Å². The lowest BCUT2D eigenvalue weighted by molar-refractivity contribution is -0.116. The number of pyridine rings is 1. The molecule has 0 fully saturated rings. The third-order valence-corrected chi connectivity index (χ3v) is 6.63. The SMILES string of the molecule is CC[C@@H](C#Cc1cnccc1-c1[nH]c2c(c1Nc1cccc(Cl)c1OC)C(=O)NCC2)NC(=O)/C=C/CN(C)C. The van der Waals surface area contributed by atoms with Gasteiger partial charge in [-0.05, 0) is 38.7 Å². The van der Waals surface area contributed by atoms with E-state index in [1.807, 2.05) is 44.1 Å². The van der Waals surface area contributed by atoms with Gasteiger partial charge in [0.15, 0.2) is 5.75 Å². The summed E-state index contributed by atoms with van der Waals surface area (Å²) in [5.41, 5.74) is 4.67. The first-order valence-corrected chi connectivity index (χ1v) is 13.4. The van der Waals surface area contributed by atoms with Crippen LogP contribution in [0.3, 0.4) is 0 Å². The van der Waals surface area contributed by atoms with Gasteiger partial charge >= 0.3 is 0 Å². The molecule has 0 spiro atoms. The van der Waals surface area contributed by atoms with Crippen molar-refractivity contribution in [2.45, 2.75) is 25.8 Å². The zero-order valence-electron chi connectivity index (χ0n) is 23.0. The molecule has 2 amide bonds. The van der Waals surface area contributed by atoms with Crippen molar-refractivity contribution in [3.8, 4) is 28.8 Å². The molecule has 0 bridgehead atoms. The fourth-order valence-corrected chi connectivity index (χ4v) is 4.61. The number of benzene rings is 1. The molecule has 3 aromatic rings. The number of carbonyl (C=O) groups is 2. The summed E-state index contributed by atoms with van der Waals surface area (Å²) < 4.78 is 5.53. The molecule has 1 aliphatic rings. The smallest absolute Gasteiger partial charge is 0.255 e. The fraction of sp³-hybridized carbons (Fsp3) is 0.300. The van der Waals surface area contributed by atoms with Gasteiger partial charge < -0.3 is 30.6 Å². The van der Waals surface area contributed by atoms with Crippen LogP contribution in [0.5, 0.6) is 5.75 Å². The molecule has 0 unspecified atom stereocenters. The highest BCUT2D eigenvalue weighted by atomic mass is 35.5. The quantitative estimate of drug-likeness (QED) is 0.231. The maximum Gasteiger partial charge on any atom is 0.255 e. The normalized spacial score (nSPS) is 13.3. The van der Waals surface area contributed by atoms with Crippen LogP contribution in [0.2, 0.25) is 5.02 Å². The Bertz CT molecular complexity index is 1480. The number of methoxy groups -OCH3 is 1. The van der Waals surface area contributed by atoms with Gasteiger partial charge in [0.2, 0.25) is 5.91 Å². The van der Waals surface area contributed by atoms with Crippen LogP contribution in [0.4, 0.5) is 11.4 Å². The Morgan fingerprint density at radius 3 is 2.90 bits per heavy atom. The predicted octanol–water partition coefficient (Wildman–Crippen LogP) is 4.13. The van der Waals surface area contributed by atoms with E-state index in [-0.39, 0.29) is 17.9 Å². The summed E-state index contributed by atoms with van der Waals surface area (Å²) in [6.45, 7) is 3.17. The van der Waals surface area contributed by atoms with Crippen molar-refractivity contribution in [3.63, 3.8) is 0 Å². The summed E-state index contributed by atoms with van der Waals surface area (Å²) in [6.07, 6.45) is 7.97. The average Bonchev–Trinajstić information content (AvgIpc) is 3.30. The van der Waals surface area contributed by atoms with Crippen molar-refractivity contribution in [3.05, 3.63) is 70.7 Å². The van der Waals surface area contributed by atoms with Crippen molar-refractivity contribution in [2.24, 2.45) is 0 Å². The summed E-state index contributed by atoms with van der Waals surface area (Å²) >= 11 is 6.37. The molecular weight excluding hydrogens is 528 g/mol. The van der Waals surface area contributed by atoms with Crippen LogP contribution in [0.15, 0.2) is 48.8 Å². The lowest BCUT2D eigenvalue weighted by Crippen LogP contribution is -2.32. The molecule has 4 N–H and O–H groups in total. The Morgan fingerprint density at radius 1 is 1.32 bits per heavy atom. The second-order valence-electron chi connectivity index (χ2n) is 9.50. The van der Waals surface area contributed by atoms with Gasteiger partial charge in [0.05, 0.1) is 46.4 Å². The van der Waals surface area contributed by atoms with Crippen LogP contribution >= 0.6 is 11.6 Å². The van der Waals surface area contributed by atoms with Gasteiger partial charge in [0.25, 0.3) is 5.91 Å². The van der Waals surface area contributed by atoms with Crippen molar-refractivity contribution < 1.29 is 14.3 Å². The number of H-pyrrole nitrogens is 1. The van der Waals surface area contributed by atoms with E-state index < -0.39 is 0 Å². The topological polar surface area (TPSA) is 111 Å². The molecule has 2 aromatic heterocycles. The fourth-order valence-electron chi connectivity index (χ4n) is 4.36. The predicted molar refractivity (Wildman–Crippen MR) is 158 cm³/mol. The second-order valence-corrected chi connectivity index (χ2v) is 9.91. The van der Waals surface area contributed by atoms with E-state index in [0.717, 1.165) is 11.3 Å². The highest BCUT2D eigenvalue weighted by molar-refractivity contribution is 6.32. The van der Waals surface area contributed by atoms with E-state index in [2.05, 4.69) is 37.8 Å². The average molecular weight is 561 g/mol. The Labute approximate surface area is 239 Å². The van der Waals surface area contributed by atoms with Crippen LogP contribution < -0.4 is 20.7 Å². The van der Waals surface area contributed by atoms with E-state index in [9.17, 15) is 9.59 Å². The molecule has 1 aliphatic heterocycles. The Morgan fingerprint density at radius 2 is 2.15 bits per heavy atom. The lowest BCUT2D eigenvalue weighted by Gasteiger charge is -2.17. The number of fused-ring (bicyclic) bond motifs is 1.